The molecule has 2 amide bonds. The second-order valence-corrected chi connectivity index (χ2v) is 17.7. The van der Waals surface area contributed by atoms with E-state index in [1.165, 1.54) is 0 Å². The molecule has 4 fully saturated rings. The van der Waals surface area contributed by atoms with Crippen molar-refractivity contribution in [3.05, 3.63) is 104 Å². The summed E-state index contributed by atoms with van der Waals surface area (Å²) in [7, 11) is 0. The Kier molecular flexibility index (Phi) is 10.5. The summed E-state index contributed by atoms with van der Waals surface area (Å²) in [5, 5.41) is 17.4. The number of amides is 2. The van der Waals surface area contributed by atoms with Gasteiger partial charge in [-0.15, -0.1) is 0 Å². The lowest BCUT2D eigenvalue weighted by atomic mass is 9.62. The number of halogens is 1. The molecule has 3 heterocycles. The molecular weight excluding hydrogens is 833 g/mol. The summed E-state index contributed by atoms with van der Waals surface area (Å²) in [6.45, 7) is 5.27. The molecule has 2 aliphatic carbocycles. The van der Waals surface area contributed by atoms with E-state index in [4.69, 9.17) is 23.8 Å². The van der Waals surface area contributed by atoms with E-state index in [1.807, 2.05) is 36.4 Å². The molecule has 3 saturated heterocycles. The average Bonchev–Trinajstić information content (AvgIpc) is 3.83. The van der Waals surface area contributed by atoms with E-state index in [9.17, 15) is 24.3 Å². The number of hydrogen-bond donors (Lipinski definition) is 3. The van der Waals surface area contributed by atoms with Crippen molar-refractivity contribution in [1.29, 1.82) is 0 Å². The fourth-order valence-electron chi connectivity index (χ4n) is 8.91. The second-order valence-electron chi connectivity index (χ2n) is 16.4. The number of ether oxygens (including phenoxy) is 4. The molecule has 296 valence electrons. The number of benzene rings is 3. The molecular formula is C42H46IN3O10. The van der Waals surface area contributed by atoms with Crippen molar-refractivity contribution in [3.63, 3.8) is 0 Å². The fourth-order valence-corrected chi connectivity index (χ4v) is 9.51. The van der Waals surface area contributed by atoms with E-state index in [1.54, 1.807) is 50.1 Å². The Morgan fingerprint density at radius 3 is 2.41 bits per heavy atom. The lowest BCUT2D eigenvalue weighted by Gasteiger charge is -2.48. The number of hydroxylamine groups is 2. The van der Waals surface area contributed by atoms with Gasteiger partial charge < -0.3 is 34.7 Å². The molecule has 56 heavy (non-hydrogen) atoms. The molecule has 1 saturated carbocycles. The third kappa shape index (κ3) is 7.47. The SMILES string of the molecule is CC(C)(C)OC(=O)CC[C@@H](CO)NC(=O)c1cccc(CNC(=O)[C@@]23C[C@H]4OC(=O)[C@@H]2N(Cc2cccc(I)c2)O[C@@H]3[C@H]2OC3(Cc5ccccc5C3)O[C@H]24)c1. The highest BCUT2D eigenvalue weighted by atomic mass is 127. The van der Waals surface area contributed by atoms with Crippen LogP contribution in [0.25, 0.3) is 0 Å². The van der Waals surface area contributed by atoms with Crippen molar-refractivity contribution in [2.24, 2.45) is 5.41 Å². The number of aliphatic hydroxyl groups excluding tert-OH is 1. The zero-order valence-corrected chi connectivity index (χ0v) is 33.7. The summed E-state index contributed by atoms with van der Waals surface area (Å²) in [6, 6.07) is 21.1. The molecule has 13 nitrogen and oxygen atoms in total. The highest BCUT2D eigenvalue weighted by Crippen LogP contribution is 2.58. The van der Waals surface area contributed by atoms with Crippen molar-refractivity contribution >= 4 is 46.3 Å². The van der Waals surface area contributed by atoms with E-state index in [-0.39, 0.29) is 44.9 Å². The van der Waals surface area contributed by atoms with Gasteiger partial charge in [0.2, 0.25) is 5.91 Å². The van der Waals surface area contributed by atoms with Gasteiger partial charge in [-0.05, 0) is 96.3 Å². The summed E-state index contributed by atoms with van der Waals surface area (Å²) in [5.74, 6) is -2.75. The van der Waals surface area contributed by atoms with Gasteiger partial charge in [-0.25, -0.2) is 0 Å². The van der Waals surface area contributed by atoms with Crippen molar-refractivity contribution in [2.45, 2.75) is 114 Å². The predicted molar refractivity (Wildman–Crippen MR) is 208 cm³/mol. The molecule has 7 atom stereocenters. The number of nitrogens with one attached hydrogen (secondary N) is 2. The molecule has 0 unspecified atom stereocenters. The monoisotopic (exact) mass is 879 g/mol. The van der Waals surface area contributed by atoms with Gasteiger partial charge in [0, 0.05) is 41.4 Å². The Balaban J connectivity index is 1.01. The van der Waals surface area contributed by atoms with Gasteiger partial charge in [0.25, 0.3) is 5.91 Å². The van der Waals surface area contributed by atoms with Crippen LogP contribution in [0.5, 0.6) is 0 Å². The first-order chi connectivity index (χ1) is 26.8. The number of esters is 2. The zero-order chi connectivity index (χ0) is 39.4. The van der Waals surface area contributed by atoms with Crippen LogP contribution in [-0.4, -0.2) is 88.4 Å². The molecule has 3 aromatic carbocycles. The summed E-state index contributed by atoms with van der Waals surface area (Å²) in [5.41, 5.74) is 2.14. The van der Waals surface area contributed by atoms with E-state index in [0.717, 1.165) is 20.3 Å². The molecule has 3 aromatic rings. The Morgan fingerprint density at radius 1 is 0.982 bits per heavy atom. The van der Waals surface area contributed by atoms with Crippen LogP contribution in [0.4, 0.5) is 0 Å². The lowest BCUT2D eigenvalue weighted by Crippen LogP contribution is -2.69. The molecule has 2 bridgehead atoms. The fraction of sp³-hybridized carbons (Fsp3) is 0.476. The lowest BCUT2D eigenvalue weighted by molar-refractivity contribution is -0.217. The molecule has 14 heteroatoms. The number of fused-ring (bicyclic) bond motifs is 5. The molecule has 5 aliphatic rings. The molecule has 3 aliphatic heterocycles. The largest absolute Gasteiger partial charge is 0.460 e. The average molecular weight is 880 g/mol. The maximum Gasteiger partial charge on any atom is 0.327 e. The van der Waals surface area contributed by atoms with Crippen molar-refractivity contribution in [2.75, 3.05) is 6.61 Å². The van der Waals surface area contributed by atoms with Crippen LogP contribution >= 0.6 is 22.6 Å². The molecule has 8 rings (SSSR count). The molecule has 1 spiro atoms. The molecule has 0 aromatic heterocycles. The van der Waals surface area contributed by atoms with Crippen LogP contribution < -0.4 is 10.6 Å². The van der Waals surface area contributed by atoms with Gasteiger partial charge in [0.1, 0.15) is 35.4 Å². The zero-order valence-electron chi connectivity index (χ0n) is 31.5. The Morgan fingerprint density at radius 2 is 1.70 bits per heavy atom. The smallest absolute Gasteiger partial charge is 0.327 e. The maximum atomic E-state index is 14.8. The van der Waals surface area contributed by atoms with Gasteiger partial charge >= 0.3 is 11.9 Å². The highest BCUT2D eigenvalue weighted by molar-refractivity contribution is 14.1. The quantitative estimate of drug-likeness (QED) is 0.189. The van der Waals surface area contributed by atoms with Crippen LogP contribution in [0.3, 0.4) is 0 Å². The van der Waals surface area contributed by atoms with Crippen LogP contribution in [-0.2, 0) is 64.1 Å². The number of hydrogen-bond acceptors (Lipinski definition) is 11. The van der Waals surface area contributed by atoms with Gasteiger partial charge in [-0.1, -0.05) is 48.5 Å². The van der Waals surface area contributed by atoms with Crippen LogP contribution in [0.15, 0.2) is 72.8 Å². The van der Waals surface area contributed by atoms with E-state index in [0.29, 0.717) is 24.0 Å². The Bertz CT molecular complexity index is 2010. The van der Waals surface area contributed by atoms with E-state index in [2.05, 4.69) is 45.4 Å². The minimum Gasteiger partial charge on any atom is -0.460 e. The minimum absolute atomic E-state index is 0.0339. The first-order valence-electron chi connectivity index (χ1n) is 19.1. The molecule has 3 N–H and O–H groups in total. The highest BCUT2D eigenvalue weighted by Gasteiger charge is 2.76. The third-order valence-electron chi connectivity index (χ3n) is 11.3. The van der Waals surface area contributed by atoms with E-state index >= 15 is 0 Å². The number of nitrogens with zero attached hydrogens (tertiary/aromatic N) is 1. The first-order valence-corrected chi connectivity index (χ1v) is 20.2. The van der Waals surface area contributed by atoms with Crippen LogP contribution in [0.2, 0.25) is 0 Å². The van der Waals surface area contributed by atoms with Crippen LogP contribution in [0.1, 0.15) is 72.6 Å². The van der Waals surface area contributed by atoms with Gasteiger partial charge in [0.05, 0.1) is 19.2 Å². The Labute approximate surface area is 338 Å². The van der Waals surface area contributed by atoms with Crippen molar-refractivity contribution in [1.82, 2.24) is 15.7 Å². The second kappa shape index (κ2) is 15.1. The predicted octanol–water partition coefficient (Wildman–Crippen LogP) is 3.90. The number of rotatable bonds is 11. The minimum atomic E-state index is -1.36. The van der Waals surface area contributed by atoms with E-state index < -0.39 is 71.1 Å². The summed E-state index contributed by atoms with van der Waals surface area (Å²) in [6.07, 6.45) is -1.40. The maximum absolute atomic E-state index is 14.8. The number of carbonyl (C=O) groups is 4. The summed E-state index contributed by atoms with van der Waals surface area (Å²) >= 11 is 2.24. The van der Waals surface area contributed by atoms with Gasteiger partial charge in [0.15, 0.2) is 11.8 Å². The standard InChI is InChI=1S/C42H46IN3O10/c1-40(2,3)53-32(48)15-14-30(23-47)45-37(49)26-12-6-8-24(16-26)21-44-39(51)42-20-31-33-34(55-41(54-33)18-27-10-4-5-11-28(27)19-41)36(42)56-46(35(42)38(50)52-31)22-25-9-7-13-29(43)17-25/h4-13,16-17,30-31,33-36,47H,14-15,18-23H2,1-3H3,(H,44,51)(H,45,49)/t30-,31+,33-,34-,35-,36+,42-/m0/s1. The molecule has 0 radical (unpaired) electrons. The normalized spacial score (nSPS) is 27.6. The van der Waals surface area contributed by atoms with Gasteiger partial charge in [-0.3, -0.25) is 24.0 Å². The van der Waals surface area contributed by atoms with Crippen molar-refractivity contribution in [3.8, 4) is 0 Å². The van der Waals surface area contributed by atoms with Gasteiger partial charge in [-0.2, -0.15) is 5.06 Å². The third-order valence-corrected chi connectivity index (χ3v) is 11.9. The van der Waals surface area contributed by atoms with Crippen molar-refractivity contribution < 1.29 is 48.1 Å². The Hall–Kier alpha value is -3.93. The first kappa shape index (κ1) is 38.9. The summed E-state index contributed by atoms with van der Waals surface area (Å²) < 4.78 is 26.1. The van der Waals surface area contributed by atoms with Crippen LogP contribution in [0, 0.1) is 8.99 Å². The summed E-state index contributed by atoms with van der Waals surface area (Å²) in [4.78, 5) is 61.0. The number of aliphatic hydroxyl groups is 1. The topological polar surface area (TPSA) is 162 Å². The number of carbonyl (C=O) groups excluding carboxylic acids is 4.